The maximum absolute atomic E-state index is 13.1. The number of rotatable bonds is 6. The molecule has 1 aliphatic rings. The summed E-state index contributed by atoms with van der Waals surface area (Å²) in [6, 6.07) is 11.1. The van der Waals surface area contributed by atoms with Gasteiger partial charge in [0.05, 0.1) is 5.41 Å². The average Bonchev–Trinajstić information content (AvgIpc) is 3.44. The van der Waals surface area contributed by atoms with Gasteiger partial charge < -0.3 is 15.7 Å². The van der Waals surface area contributed by atoms with Crippen LogP contribution < -0.4 is 10.6 Å². The number of hydrogen-bond donors (Lipinski definition) is 3. The summed E-state index contributed by atoms with van der Waals surface area (Å²) in [7, 11) is 0. The molecule has 0 saturated heterocycles. The molecule has 1 atom stereocenters. The van der Waals surface area contributed by atoms with Gasteiger partial charge in [-0.3, -0.25) is 14.4 Å². The molecule has 0 bridgehead atoms. The van der Waals surface area contributed by atoms with Gasteiger partial charge in [0.2, 0.25) is 5.91 Å². The molecule has 27 heavy (non-hydrogen) atoms. The predicted octanol–water partition coefficient (Wildman–Crippen LogP) is 2.70. The van der Waals surface area contributed by atoms with Gasteiger partial charge in [-0.1, -0.05) is 12.1 Å². The number of carbonyl (C=O) groups excluding carboxylic acids is 2. The first kappa shape index (κ1) is 18.6. The molecule has 2 amide bonds. The monoisotopic (exact) mass is 370 g/mol. The summed E-state index contributed by atoms with van der Waals surface area (Å²) in [5.41, 5.74) is 0.956. The Morgan fingerprint density at radius 2 is 1.63 bits per heavy atom. The van der Waals surface area contributed by atoms with Gasteiger partial charge in [-0.25, -0.2) is 4.39 Å². The van der Waals surface area contributed by atoms with Crippen LogP contribution in [0.5, 0.6) is 0 Å². The highest BCUT2D eigenvalue weighted by Crippen LogP contribution is 2.49. The van der Waals surface area contributed by atoms with Crippen LogP contribution in [0.2, 0.25) is 0 Å². The van der Waals surface area contributed by atoms with E-state index in [1.807, 2.05) is 0 Å². The van der Waals surface area contributed by atoms with E-state index in [0.717, 1.165) is 5.56 Å². The molecule has 2 aromatic rings. The first-order chi connectivity index (χ1) is 12.8. The van der Waals surface area contributed by atoms with Crippen LogP contribution >= 0.6 is 0 Å². The molecule has 3 rings (SSSR count). The van der Waals surface area contributed by atoms with E-state index in [0.29, 0.717) is 24.1 Å². The number of aliphatic carboxylic acids is 1. The summed E-state index contributed by atoms with van der Waals surface area (Å²) in [4.78, 5) is 35.4. The van der Waals surface area contributed by atoms with Crippen molar-refractivity contribution >= 4 is 23.5 Å². The fourth-order valence-corrected chi connectivity index (χ4v) is 2.84. The highest BCUT2D eigenvalue weighted by atomic mass is 19.1. The lowest BCUT2D eigenvalue weighted by atomic mass is 9.95. The number of hydrogen-bond acceptors (Lipinski definition) is 3. The van der Waals surface area contributed by atoms with Crippen LogP contribution in [-0.2, 0) is 15.0 Å². The van der Waals surface area contributed by atoms with Gasteiger partial charge in [-0.2, -0.15) is 0 Å². The van der Waals surface area contributed by atoms with Crippen LogP contribution in [0, 0.1) is 5.82 Å². The zero-order chi connectivity index (χ0) is 19.6. The third kappa shape index (κ3) is 3.97. The minimum absolute atomic E-state index is 0.175. The van der Waals surface area contributed by atoms with Crippen LogP contribution in [0.15, 0.2) is 48.5 Å². The Balaban J connectivity index is 1.66. The molecule has 140 valence electrons. The summed E-state index contributed by atoms with van der Waals surface area (Å²) < 4.78 is 13.1. The lowest BCUT2D eigenvalue weighted by molar-refractivity contribution is -0.138. The molecular formula is C20H19FN2O4. The van der Waals surface area contributed by atoms with E-state index in [1.165, 1.54) is 31.2 Å². The summed E-state index contributed by atoms with van der Waals surface area (Å²) in [6.45, 7) is 1.37. The van der Waals surface area contributed by atoms with E-state index >= 15 is 0 Å². The van der Waals surface area contributed by atoms with Crippen LogP contribution in [0.4, 0.5) is 10.1 Å². The fraction of sp³-hybridized carbons (Fsp3) is 0.250. The van der Waals surface area contributed by atoms with E-state index in [2.05, 4.69) is 10.6 Å². The Labute approximate surface area is 155 Å². The highest BCUT2D eigenvalue weighted by Gasteiger charge is 2.51. The van der Waals surface area contributed by atoms with Gasteiger partial charge in [-0.15, -0.1) is 0 Å². The first-order valence-electron chi connectivity index (χ1n) is 8.53. The number of benzene rings is 2. The Morgan fingerprint density at radius 1 is 1.04 bits per heavy atom. The molecule has 1 aliphatic carbocycles. The number of carbonyl (C=O) groups is 3. The molecule has 6 nitrogen and oxygen atoms in total. The second kappa shape index (κ2) is 7.19. The molecule has 1 fully saturated rings. The molecular weight excluding hydrogens is 351 g/mol. The molecule has 0 aromatic heterocycles. The number of halogens is 1. The van der Waals surface area contributed by atoms with Gasteiger partial charge in [0.1, 0.15) is 11.9 Å². The third-order valence-electron chi connectivity index (χ3n) is 4.70. The van der Waals surface area contributed by atoms with Gasteiger partial charge in [0, 0.05) is 11.3 Å². The van der Waals surface area contributed by atoms with E-state index in [9.17, 15) is 18.8 Å². The molecule has 1 saturated carbocycles. The molecule has 0 spiro atoms. The van der Waals surface area contributed by atoms with Crippen LogP contribution in [0.3, 0.4) is 0 Å². The van der Waals surface area contributed by atoms with Gasteiger partial charge >= 0.3 is 5.97 Å². The Bertz CT molecular complexity index is 874. The number of amides is 2. The number of nitrogens with one attached hydrogen (secondary N) is 2. The van der Waals surface area contributed by atoms with Crippen molar-refractivity contribution in [2.24, 2.45) is 0 Å². The average molecular weight is 370 g/mol. The summed E-state index contributed by atoms with van der Waals surface area (Å²) in [5, 5.41) is 14.0. The first-order valence-corrected chi connectivity index (χ1v) is 8.53. The summed E-state index contributed by atoms with van der Waals surface area (Å²) >= 11 is 0. The summed E-state index contributed by atoms with van der Waals surface area (Å²) in [5.74, 6) is -2.15. The highest BCUT2D eigenvalue weighted by molar-refractivity contribution is 6.02. The van der Waals surface area contributed by atoms with E-state index in [1.54, 1.807) is 24.3 Å². The molecule has 0 heterocycles. The minimum Gasteiger partial charge on any atom is -0.480 e. The van der Waals surface area contributed by atoms with Crippen molar-refractivity contribution in [1.29, 1.82) is 0 Å². The van der Waals surface area contributed by atoms with E-state index < -0.39 is 23.3 Å². The molecule has 1 unspecified atom stereocenters. The second-order valence-corrected chi connectivity index (χ2v) is 6.65. The van der Waals surface area contributed by atoms with Gasteiger partial charge in [0.15, 0.2) is 0 Å². The Morgan fingerprint density at radius 3 is 2.15 bits per heavy atom. The zero-order valence-corrected chi connectivity index (χ0v) is 14.7. The lowest BCUT2D eigenvalue weighted by Gasteiger charge is -2.16. The number of carboxylic acid groups (broad SMARTS) is 1. The van der Waals surface area contributed by atoms with E-state index in [4.69, 9.17) is 5.11 Å². The number of carboxylic acids is 1. The van der Waals surface area contributed by atoms with Crippen molar-refractivity contribution in [1.82, 2.24) is 5.32 Å². The minimum atomic E-state index is -1.12. The van der Waals surface area contributed by atoms with Crippen molar-refractivity contribution in [3.8, 4) is 0 Å². The zero-order valence-electron chi connectivity index (χ0n) is 14.7. The van der Waals surface area contributed by atoms with Crippen LogP contribution in [-0.4, -0.2) is 28.9 Å². The maximum Gasteiger partial charge on any atom is 0.325 e. The third-order valence-corrected chi connectivity index (χ3v) is 4.70. The standard InChI is InChI=1S/C20H19FN2O4/c1-12(18(25)26)22-17(24)13-2-8-16(9-3-13)23-19(27)20(10-11-20)14-4-6-15(21)7-5-14/h2-9,12H,10-11H2,1H3,(H,22,24)(H,23,27)(H,25,26). The Kier molecular flexibility index (Phi) is 4.94. The smallest absolute Gasteiger partial charge is 0.325 e. The maximum atomic E-state index is 13.1. The molecule has 2 aromatic carbocycles. The van der Waals surface area contributed by atoms with E-state index in [-0.39, 0.29) is 11.7 Å². The van der Waals surface area contributed by atoms with Crippen molar-refractivity contribution in [2.75, 3.05) is 5.32 Å². The molecule has 0 aliphatic heterocycles. The molecule has 7 heteroatoms. The normalized spacial score (nSPS) is 15.5. The van der Waals surface area contributed by atoms with Crippen molar-refractivity contribution in [3.63, 3.8) is 0 Å². The Hall–Kier alpha value is -3.22. The SMILES string of the molecule is CC(NC(=O)c1ccc(NC(=O)C2(c3ccc(F)cc3)CC2)cc1)C(=O)O. The summed E-state index contributed by atoms with van der Waals surface area (Å²) in [6.07, 6.45) is 1.38. The largest absolute Gasteiger partial charge is 0.480 e. The topological polar surface area (TPSA) is 95.5 Å². The van der Waals surface area contributed by atoms with Gasteiger partial charge in [-0.05, 0) is 61.7 Å². The second-order valence-electron chi connectivity index (χ2n) is 6.65. The predicted molar refractivity (Wildman–Crippen MR) is 96.9 cm³/mol. The quantitative estimate of drug-likeness (QED) is 0.729. The lowest BCUT2D eigenvalue weighted by Crippen LogP contribution is -2.38. The van der Waals surface area contributed by atoms with Crippen molar-refractivity contribution in [3.05, 3.63) is 65.5 Å². The number of anilines is 1. The molecule has 3 N–H and O–H groups in total. The van der Waals surface area contributed by atoms with Crippen LogP contribution in [0.25, 0.3) is 0 Å². The van der Waals surface area contributed by atoms with Crippen molar-refractivity contribution in [2.45, 2.75) is 31.2 Å². The molecule has 0 radical (unpaired) electrons. The van der Waals surface area contributed by atoms with Crippen LogP contribution in [0.1, 0.15) is 35.7 Å². The van der Waals surface area contributed by atoms with Crippen molar-refractivity contribution < 1.29 is 23.9 Å². The van der Waals surface area contributed by atoms with Gasteiger partial charge in [0.25, 0.3) is 5.91 Å². The fourth-order valence-electron chi connectivity index (χ4n) is 2.84.